The van der Waals surface area contributed by atoms with Gasteiger partial charge in [0, 0.05) is 16.2 Å². The van der Waals surface area contributed by atoms with Crippen LogP contribution < -0.4 is 11.1 Å². The summed E-state index contributed by atoms with van der Waals surface area (Å²) in [5, 5.41) is 3.47. The van der Waals surface area contributed by atoms with Crippen molar-refractivity contribution in [1.82, 2.24) is 10.3 Å². The lowest BCUT2D eigenvalue weighted by atomic mass is 9.95. The van der Waals surface area contributed by atoms with Crippen molar-refractivity contribution in [1.29, 1.82) is 0 Å². The molecule has 3 N–H and O–H groups in total. The molecule has 3 nitrogen and oxygen atoms in total. The van der Waals surface area contributed by atoms with Gasteiger partial charge in [-0.15, -0.1) is 0 Å². The minimum atomic E-state index is -0.268. The van der Waals surface area contributed by atoms with Crippen LogP contribution in [0.3, 0.4) is 0 Å². The molecule has 1 unspecified atom stereocenters. The first-order valence-electron chi connectivity index (χ1n) is 6.94. The number of rotatable bonds is 5. The van der Waals surface area contributed by atoms with Gasteiger partial charge < -0.3 is 11.1 Å². The van der Waals surface area contributed by atoms with E-state index < -0.39 is 0 Å². The van der Waals surface area contributed by atoms with E-state index in [1.165, 1.54) is 12.1 Å². The molecule has 1 aromatic heterocycles. The van der Waals surface area contributed by atoms with Gasteiger partial charge in [-0.3, -0.25) is 0 Å². The monoisotopic (exact) mass is 351 g/mol. The lowest BCUT2D eigenvalue weighted by Gasteiger charge is -2.23. The van der Waals surface area contributed by atoms with Gasteiger partial charge in [0.1, 0.15) is 11.6 Å². The van der Waals surface area contributed by atoms with E-state index in [1.54, 1.807) is 12.3 Å². The molecule has 0 saturated carbocycles. The normalized spacial score (nSPS) is 12.4. The summed E-state index contributed by atoms with van der Waals surface area (Å²) in [6.45, 7) is 4.94. The van der Waals surface area contributed by atoms with Crippen LogP contribution in [-0.4, -0.2) is 11.5 Å². The van der Waals surface area contributed by atoms with Crippen molar-refractivity contribution in [3.63, 3.8) is 0 Å². The van der Waals surface area contributed by atoms with Crippen molar-refractivity contribution in [2.45, 2.75) is 26.3 Å². The molecular formula is C16H19BrFN3. The highest BCUT2D eigenvalue weighted by atomic mass is 79.9. The lowest BCUT2D eigenvalue weighted by Crippen LogP contribution is -2.25. The number of halogens is 2. The Hall–Kier alpha value is -1.46. The zero-order chi connectivity index (χ0) is 15.4. The third-order valence-electron chi connectivity index (χ3n) is 3.40. The fraction of sp³-hybridized carbons (Fsp3) is 0.312. The standard InChI is InChI=1S/C16H19BrFN3/c1-3-7-20-15(12-5-4-11(18)9-13(12)17)14-10(2)6-8-21-16(14)19/h4-6,8-9,15,20H,3,7H2,1-2H3,(H2,19,21). The van der Waals surface area contributed by atoms with Crippen LogP contribution in [0.5, 0.6) is 0 Å². The summed E-state index contributed by atoms with van der Waals surface area (Å²) in [7, 11) is 0. The van der Waals surface area contributed by atoms with Crippen molar-refractivity contribution in [3.05, 3.63) is 57.4 Å². The molecule has 0 amide bonds. The molecule has 5 heteroatoms. The van der Waals surface area contributed by atoms with Gasteiger partial charge in [0.15, 0.2) is 0 Å². The quantitative estimate of drug-likeness (QED) is 0.856. The second-order valence-corrected chi connectivity index (χ2v) is 5.83. The van der Waals surface area contributed by atoms with Crippen LogP contribution in [0.1, 0.15) is 36.1 Å². The molecule has 0 saturated heterocycles. The van der Waals surface area contributed by atoms with E-state index in [1.807, 2.05) is 13.0 Å². The number of nitrogens with two attached hydrogens (primary N) is 1. The van der Waals surface area contributed by atoms with Crippen LogP contribution in [0, 0.1) is 12.7 Å². The van der Waals surface area contributed by atoms with Gasteiger partial charge in [0.2, 0.25) is 0 Å². The fourth-order valence-electron chi connectivity index (χ4n) is 2.36. The Morgan fingerprint density at radius 3 is 2.76 bits per heavy atom. The van der Waals surface area contributed by atoms with Gasteiger partial charge in [0.25, 0.3) is 0 Å². The molecule has 1 atom stereocenters. The van der Waals surface area contributed by atoms with E-state index in [4.69, 9.17) is 5.73 Å². The average Bonchev–Trinajstić information content (AvgIpc) is 2.43. The third kappa shape index (κ3) is 3.60. The molecule has 0 aliphatic rings. The SMILES string of the molecule is CCCNC(c1ccc(F)cc1Br)c1c(C)ccnc1N. The molecule has 2 rings (SSSR count). The molecule has 0 bridgehead atoms. The molecule has 0 aliphatic heterocycles. The molecule has 0 aliphatic carbocycles. The van der Waals surface area contributed by atoms with Crippen LogP contribution in [0.2, 0.25) is 0 Å². The largest absolute Gasteiger partial charge is 0.383 e. The Balaban J connectivity index is 2.52. The highest BCUT2D eigenvalue weighted by Crippen LogP contribution is 2.33. The summed E-state index contributed by atoms with van der Waals surface area (Å²) >= 11 is 3.44. The van der Waals surface area contributed by atoms with Crippen LogP contribution in [-0.2, 0) is 0 Å². The van der Waals surface area contributed by atoms with Gasteiger partial charge >= 0.3 is 0 Å². The van der Waals surface area contributed by atoms with Gasteiger partial charge in [-0.05, 0) is 49.2 Å². The van der Waals surface area contributed by atoms with Gasteiger partial charge in [-0.25, -0.2) is 9.37 Å². The maximum Gasteiger partial charge on any atom is 0.128 e. The van der Waals surface area contributed by atoms with Crippen molar-refractivity contribution in [2.75, 3.05) is 12.3 Å². The van der Waals surface area contributed by atoms with Crippen molar-refractivity contribution in [2.24, 2.45) is 0 Å². The summed E-state index contributed by atoms with van der Waals surface area (Å²) < 4.78 is 14.1. The molecule has 1 heterocycles. The molecule has 0 spiro atoms. The smallest absolute Gasteiger partial charge is 0.128 e. The molecule has 2 aromatic rings. The summed E-state index contributed by atoms with van der Waals surface area (Å²) in [5.74, 6) is 0.232. The van der Waals surface area contributed by atoms with Crippen molar-refractivity contribution in [3.8, 4) is 0 Å². The third-order valence-corrected chi connectivity index (χ3v) is 4.09. The average molecular weight is 352 g/mol. The molecular weight excluding hydrogens is 333 g/mol. The fourth-order valence-corrected chi connectivity index (χ4v) is 2.94. The van der Waals surface area contributed by atoms with Gasteiger partial charge in [0.05, 0.1) is 6.04 Å². The summed E-state index contributed by atoms with van der Waals surface area (Å²) in [6, 6.07) is 6.52. The number of nitrogen functional groups attached to an aromatic ring is 1. The van der Waals surface area contributed by atoms with Gasteiger partial charge in [-0.1, -0.05) is 28.9 Å². The number of benzene rings is 1. The Bertz CT molecular complexity index is 611. The van der Waals surface area contributed by atoms with E-state index in [0.29, 0.717) is 5.82 Å². The molecule has 112 valence electrons. The number of anilines is 1. The minimum absolute atomic E-state index is 0.117. The maximum atomic E-state index is 13.3. The van der Waals surface area contributed by atoms with Crippen molar-refractivity contribution >= 4 is 21.7 Å². The Kier molecular flexibility index (Phi) is 5.31. The highest BCUT2D eigenvalue weighted by Gasteiger charge is 2.21. The van der Waals surface area contributed by atoms with Crippen LogP contribution in [0.15, 0.2) is 34.9 Å². The second-order valence-electron chi connectivity index (χ2n) is 4.98. The zero-order valence-corrected chi connectivity index (χ0v) is 13.7. The number of aromatic nitrogens is 1. The zero-order valence-electron chi connectivity index (χ0n) is 12.2. The number of hydrogen-bond acceptors (Lipinski definition) is 3. The van der Waals surface area contributed by atoms with E-state index >= 15 is 0 Å². The number of hydrogen-bond donors (Lipinski definition) is 2. The Morgan fingerprint density at radius 1 is 1.38 bits per heavy atom. The number of pyridine rings is 1. The number of nitrogens with one attached hydrogen (secondary N) is 1. The first-order chi connectivity index (χ1) is 10.0. The van der Waals surface area contributed by atoms with E-state index in [9.17, 15) is 4.39 Å². The van der Waals surface area contributed by atoms with Crippen LogP contribution in [0.4, 0.5) is 10.2 Å². The van der Waals surface area contributed by atoms with Gasteiger partial charge in [-0.2, -0.15) is 0 Å². The molecule has 0 radical (unpaired) electrons. The number of aryl methyl sites for hydroxylation is 1. The van der Waals surface area contributed by atoms with Crippen LogP contribution >= 0.6 is 15.9 Å². The second kappa shape index (κ2) is 7.00. The maximum absolute atomic E-state index is 13.3. The minimum Gasteiger partial charge on any atom is -0.383 e. The first kappa shape index (κ1) is 15.9. The highest BCUT2D eigenvalue weighted by molar-refractivity contribution is 9.10. The summed E-state index contributed by atoms with van der Waals surface area (Å²) in [6.07, 6.45) is 2.69. The van der Waals surface area contributed by atoms with E-state index in [-0.39, 0.29) is 11.9 Å². The Morgan fingerprint density at radius 2 is 2.14 bits per heavy atom. The molecule has 1 aromatic carbocycles. The lowest BCUT2D eigenvalue weighted by molar-refractivity contribution is 0.589. The molecule has 21 heavy (non-hydrogen) atoms. The Labute approximate surface area is 132 Å². The first-order valence-corrected chi connectivity index (χ1v) is 7.73. The van der Waals surface area contributed by atoms with E-state index in [2.05, 4.69) is 33.2 Å². The predicted molar refractivity (Wildman–Crippen MR) is 87.6 cm³/mol. The van der Waals surface area contributed by atoms with E-state index in [0.717, 1.165) is 34.1 Å². The predicted octanol–water partition coefficient (Wildman–Crippen LogP) is 3.96. The number of nitrogens with zero attached hydrogens (tertiary/aromatic N) is 1. The summed E-state index contributed by atoms with van der Waals surface area (Å²) in [4.78, 5) is 4.19. The van der Waals surface area contributed by atoms with Crippen LogP contribution in [0.25, 0.3) is 0 Å². The van der Waals surface area contributed by atoms with Crippen molar-refractivity contribution < 1.29 is 4.39 Å². The topological polar surface area (TPSA) is 50.9 Å². The molecule has 0 fully saturated rings. The summed E-state index contributed by atoms with van der Waals surface area (Å²) in [5.41, 5.74) is 9.03.